The molecule has 0 radical (unpaired) electrons. The minimum absolute atomic E-state index is 0.359. The summed E-state index contributed by atoms with van der Waals surface area (Å²) in [6.45, 7) is 0. The number of aromatic amines is 1. The largest absolute Gasteiger partial charge is 0.500 e. The second-order valence-electron chi connectivity index (χ2n) is 2.27. The fourth-order valence-corrected chi connectivity index (χ4v) is 0.813. The Labute approximate surface area is 71.8 Å². The molecule has 0 saturated carbocycles. The quantitative estimate of drug-likeness (QED) is 0.733. The molecule has 0 spiro atoms. The number of aromatic nitrogens is 1. The number of rotatable bonds is 2. The Morgan fingerprint density at radius 1 is 1.62 bits per heavy atom. The second-order valence-corrected chi connectivity index (χ2v) is 2.27. The van der Waals surface area contributed by atoms with E-state index in [2.05, 4.69) is 9.72 Å². The number of pyridine rings is 1. The van der Waals surface area contributed by atoms with Crippen molar-refractivity contribution in [3.05, 3.63) is 22.0 Å². The van der Waals surface area contributed by atoms with Crippen molar-refractivity contribution in [2.24, 2.45) is 0 Å². The van der Waals surface area contributed by atoms with Gasteiger partial charge in [0.1, 0.15) is 0 Å². The van der Waals surface area contributed by atoms with E-state index in [1.54, 1.807) is 0 Å². The van der Waals surface area contributed by atoms with Gasteiger partial charge in [0.25, 0.3) is 6.43 Å². The maximum Gasteiger partial charge on any atom is 0.278 e. The highest BCUT2D eigenvalue weighted by Crippen LogP contribution is 2.22. The summed E-state index contributed by atoms with van der Waals surface area (Å²) in [4.78, 5) is 12.9. The molecule has 0 unspecified atom stereocenters. The Balaban J connectivity index is 3.31. The van der Waals surface area contributed by atoms with Crippen LogP contribution in [0.25, 0.3) is 0 Å². The number of alkyl halides is 2. The molecule has 0 aliphatic rings. The number of methoxy groups -OCH3 is 1. The van der Waals surface area contributed by atoms with Crippen LogP contribution in [0.3, 0.4) is 0 Å². The second kappa shape index (κ2) is 3.42. The highest BCUT2D eigenvalue weighted by Gasteiger charge is 2.14. The van der Waals surface area contributed by atoms with Crippen molar-refractivity contribution in [3.63, 3.8) is 0 Å². The Hall–Kier alpha value is -1.59. The summed E-state index contributed by atoms with van der Waals surface area (Å²) in [6.07, 6.45) is -2.80. The van der Waals surface area contributed by atoms with Crippen LogP contribution in [0.4, 0.5) is 8.78 Å². The molecule has 0 amide bonds. The average Bonchev–Trinajstić information content (AvgIpc) is 2.09. The molecule has 0 bridgehead atoms. The third kappa shape index (κ3) is 1.77. The lowest BCUT2D eigenvalue weighted by atomic mass is 10.3. The molecular weight excluding hydrogens is 184 g/mol. The lowest BCUT2D eigenvalue weighted by Crippen LogP contribution is -2.06. The van der Waals surface area contributed by atoms with Crippen LogP contribution in [-0.2, 0) is 0 Å². The monoisotopic (exact) mass is 191 g/mol. The van der Waals surface area contributed by atoms with Gasteiger partial charge in [0.15, 0.2) is 0 Å². The smallest absolute Gasteiger partial charge is 0.278 e. The van der Waals surface area contributed by atoms with E-state index in [0.717, 1.165) is 7.11 Å². The number of hydrogen-bond acceptors (Lipinski definition) is 3. The van der Waals surface area contributed by atoms with Gasteiger partial charge in [0.05, 0.1) is 12.8 Å². The fourth-order valence-electron chi connectivity index (χ4n) is 0.813. The molecule has 1 heterocycles. The van der Waals surface area contributed by atoms with Crippen LogP contribution in [0.5, 0.6) is 11.6 Å². The Bertz CT molecular complexity index is 361. The van der Waals surface area contributed by atoms with E-state index in [1.165, 1.54) is 0 Å². The first-order valence-electron chi connectivity index (χ1n) is 3.34. The minimum atomic E-state index is -2.80. The molecule has 0 aliphatic heterocycles. The molecule has 72 valence electrons. The number of nitrogens with one attached hydrogen (secondary N) is 1. The van der Waals surface area contributed by atoms with Gasteiger partial charge in [-0.15, -0.1) is 0 Å². The number of halogens is 2. The summed E-state index contributed by atoms with van der Waals surface area (Å²) in [5, 5.41) is 8.99. The van der Waals surface area contributed by atoms with E-state index in [4.69, 9.17) is 5.11 Å². The van der Waals surface area contributed by atoms with Gasteiger partial charge in [-0.3, -0.25) is 4.79 Å². The van der Waals surface area contributed by atoms with Gasteiger partial charge < -0.3 is 14.8 Å². The lowest BCUT2D eigenvalue weighted by Gasteiger charge is -2.05. The van der Waals surface area contributed by atoms with E-state index in [-0.39, 0.29) is 5.88 Å². The summed E-state index contributed by atoms with van der Waals surface area (Å²) in [5.41, 5.74) is -1.48. The van der Waals surface area contributed by atoms with Crippen molar-refractivity contribution >= 4 is 0 Å². The molecule has 0 aromatic carbocycles. The van der Waals surface area contributed by atoms with Crippen molar-refractivity contribution in [2.45, 2.75) is 6.43 Å². The van der Waals surface area contributed by atoms with Crippen molar-refractivity contribution < 1.29 is 18.6 Å². The predicted molar refractivity (Wildman–Crippen MR) is 40.2 cm³/mol. The van der Waals surface area contributed by atoms with Crippen LogP contribution in [-0.4, -0.2) is 17.2 Å². The van der Waals surface area contributed by atoms with Gasteiger partial charge >= 0.3 is 0 Å². The molecule has 4 nitrogen and oxygen atoms in total. The molecule has 0 saturated heterocycles. The molecule has 0 fully saturated rings. The number of hydrogen-bond donors (Lipinski definition) is 2. The number of aromatic hydroxyl groups is 1. The van der Waals surface area contributed by atoms with E-state index in [9.17, 15) is 13.6 Å². The lowest BCUT2D eigenvalue weighted by molar-refractivity contribution is 0.144. The van der Waals surface area contributed by atoms with Crippen molar-refractivity contribution in [1.29, 1.82) is 0 Å². The van der Waals surface area contributed by atoms with Crippen LogP contribution >= 0.6 is 0 Å². The topological polar surface area (TPSA) is 62.3 Å². The SMILES string of the molecule is COc1[nH]c(C(F)F)cc(=O)c1O. The van der Waals surface area contributed by atoms with Gasteiger partial charge in [0.2, 0.25) is 17.1 Å². The maximum atomic E-state index is 12.1. The molecule has 1 aromatic rings. The van der Waals surface area contributed by atoms with Gasteiger partial charge in [-0.05, 0) is 0 Å². The first-order chi connectivity index (χ1) is 6.06. The third-order valence-corrected chi connectivity index (χ3v) is 1.43. The van der Waals surface area contributed by atoms with Gasteiger partial charge in [-0.1, -0.05) is 0 Å². The predicted octanol–water partition coefficient (Wildman–Crippen LogP) is 1.03. The van der Waals surface area contributed by atoms with Crippen molar-refractivity contribution in [1.82, 2.24) is 4.98 Å². The Kier molecular flexibility index (Phi) is 2.50. The van der Waals surface area contributed by atoms with E-state index < -0.39 is 23.3 Å². The zero-order chi connectivity index (χ0) is 10.0. The number of ether oxygens (including phenoxy) is 1. The van der Waals surface area contributed by atoms with Gasteiger partial charge in [-0.25, -0.2) is 8.78 Å². The van der Waals surface area contributed by atoms with E-state index in [0.29, 0.717) is 6.07 Å². The summed E-state index contributed by atoms with van der Waals surface area (Å²) >= 11 is 0. The summed E-state index contributed by atoms with van der Waals surface area (Å²) in [6, 6.07) is 0.628. The zero-order valence-corrected chi connectivity index (χ0v) is 6.67. The standard InChI is InChI=1S/C7H7F2NO3/c1-13-7-5(12)4(11)2-3(10-7)6(8)9/h2,6,12H,1H3,(H,10,11). The third-order valence-electron chi connectivity index (χ3n) is 1.43. The highest BCUT2D eigenvalue weighted by molar-refractivity contribution is 5.33. The molecule has 1 aromatic heterocycles. The molecule has 0 atom stereocenters. The molecule has 2 N–H and O–H groups in total. The van der Waals surface area contributed by atoms with Crippen molar-refractivity contribution in [3.8, 4) is 11.6 Å². The molecule has 0 aliphatic carbocycles. The highest BCUT2D eigenvalue weighted by atomic mass is 19.3. The van der Waals surface area contributed by atoms with Crippen molar-refractivity contribution in [2.75, 3.05) is 7.11 Å². The zero-order valence-electron chi connectivity index (χ0n) is 6.67. The molecule has 13 heavy (non-hydrogen) atoms. The van der Waals surface area contributed by atoms with Gasteiger partial charge in [-0.2, -0.15) is 0 Å². The molecule has 6 heteroatoms. The summed E-state index contributed by atoms with van der Waals surface area (Å²) in [7, 11) is 1.15. The number of H-pyrrole nitrogens is 1. The fraction of sp³-hybridized carbons (Fsp3) is 0.286. The van der Waals surface area contributed by atoms with Gasteiger partial charge in [0, 0.05) is 6.07 Å². The first kappa shape index (κ1) is 9.50. The normalized spacial score (nSPS) is 10.5. The minimum Gasteiger partial charge on any atom is -0.500 e. The van der Waals surface area contributed by atoms with E-state index >= 15 is 0 Å². The Morgan fingerprint density at radius 3 is 2.69 bits per heavy atom. The van der Waals surface area contributed by atoms with Crippen LogP contribution in [0.1, 0.15) is 12.1 Å². The van der Waals surface area contributed by atoms with Crippen LogP contribution < -0.4 is 10.2 Å². The summed E-state index contributed by atoms with van der Waals surface area (Å²) in [5.74, 6) is -1.06. The summed E-state index contributed by atoms with van der Waals surface area (Å²) < 4.78 is 28.7. The average molecular weight is 191 g/mol. The maximum absolute atomic E-state index is 12.1. The first-order valence-corrected chi connectivity index (χ1v) is 3.34. The van der Waals surface area contributed by atoms with Crippen LogP contribution in [0, 0.1) is 0 Å². The Morgan fingerprint density at radius 2 is 2.23 bits per heavy atom. The molecule has 1 rings (SSSR count). The van der Waals surface area contributed by atoms with Crippen LogP contribution in [0.2, 0.25) is 0 Å². The molecular formula is C7H7F2NO3. The van der Waals surface area contributed by atoms with E-state index in [1.807, 2.05) is 0 Å². The van der Waals surface area contributed by atoms with Crippen LogP contribution in [0.15, 0.2) is 10.9 Å².